The highest BCUT2D eigenvalue weighted by Crippen LogP contribution is 2.37. The zero-order valence-electron chi connectivity index (χ0n) is 17.1. The maximum atomic E-state index is 10.6. The topological polar surface area (TPSA) is 54.8 Å². The van der Waals surface area contributed by atoms with Crippen LogP contribution >= 0.6 is 0 Å². The fourth-order valence-corrected chi connectivity index (χ4v) is 3.85. The third-order valence-electron chi connectivity index (χ3n) is 5.62. The first-order valence-corrected chi connectivity index (χ1v) is 9.82. The number of phenols is 1. The van der Waals surface area contributed by atoms with Crippen LogP contribution in [-0.2, 0) is 13.1 Å². The number of benzene rings is 2. The highest BCUT2D eigenvalue weighted by molar-refractivity contribution is 5.66. The molecule has 0 saturated heterocycles. The standard InChI is InChI=1S/C24H26N2O3/c1-16-17(2)23(28-3)8-7-18(16)14-26-10-11-29-24-20(15-26)12-19(13-22(24)27)21-6-4-5-9-25-21/h4-9,12-13,27H,10-11,14-15H2,1-3H3. The first kappa shape index (κ1) is 19.3. The van der Waals surface area contributed by atoms with Crippen LogP contribution in [0.25, 0.3) is 11.3 Å². The molecule has 0 amide bonds. The molecule has 1 aromatic heterocycles. The van der Waals surface area contributed by atoms with E-state index < -0.39 is 0 Å². The Bertz CT molecular complexity index is 1020. The lowest BCUT2D eigenvalue weighted by atomic mass is 10.0. The molecule has 1 aliphatic heterocycles. The second-order valence-corrected chi connectivity index (χ2v) is 7.43. The summed E-state index contributed by atoms with van der Waals surface area (Å²) in [5.41, 5.74) is 6.40. The fraction of sp³-hybridized carbons (Fsp3) is 0.292. The predicted octanol–water partition coefficient (Wildman–Crippen LogP) is 4.47. The Balaban J connectivity index is 1.63. The third kappa shape index (κ3) is 3.91. The van der Waals surface area contributed by atoms with Crippen LogP contribution in [0.2, 0.25) is 0 Å². The summed E-state index contributed by atoms with van der Waals surface area (Å²) in [6.45, 7) is 7.08. The van der Waals surface area contributed by atoms with Crippen molar-refractivity contribution in [2.45, 2.75) is 26.9 Å². The van der Waals surface area contributed by atoms with Crippen molar-refractivity contribution in [1.82, 2.24) is 9.88 Å². The van der Waals surface area contributed by atoms with Gasteiger partial charge in [0.25, 0.3) is 0 Å². The summed E-state index contributed by atoms with van der Waals surface area (Å²) in [4.78, 5) is 6.76. The molecule has 0 bridgehead atoms. The molecule has 0 aliphatic carbocycles. The quantitative estimate of drug-likeness (QED) is 0.712. The Morgan fingerprint density at radius 1 is 1.14 bits per heavy atom. The van der Waals surface area contributed by atoms with E-state index in [2.05, 4.69) is 35.9 Å². The van der Waals surface area contributed by atoms with Crippen molar-refractivity contribution < 1.29 is 14.6 Å². The van der Waals surface area contributed by atoms with Gasteiger partial charge in [-0.25, -0.2) is 0 Å². The summed E-state index contributed by atoms with van der Waals surface area (Å²) in [5, 5.41) is 10.6. The Morgan fingerprint density at radius 3 is 2.76 bits per heavy atom. The van der Waals surface area contributed by atoms with E-state index in [9.17, 15) is 5.11 Å². The molecule has 29 heavy (non-hydrogen) atoms. The van der Waals surface area contributed by atoms with E-state index in [1.54, 1.807) is 19.4 Å². The molecule has 0 atom stereocenters. The molecule has 150 valence electrons. The predicted molar refractivity (Wildman–Crippen MR) is 113 cm³/mol. The maximum Gasteiger partial charge on any atom is 0.165 e. The van der Waals surface area contributed by atoms with Crippen molar-refractivity contribution in [3.63, 3.8) is 0 Å². The second kappa shape index (κ2) is 8.13. The van der Waals surface area contributed by atoms with Crippen LogP contribution in [0, 0.1) is 13.8 Å². The van der Waals surface area contributed by atoms with Crippen molar-refractivity contribution in [3.8, 4) is 28.5 Å². The van der Waals surface area contributed by atoms with Crippen LogP contribution in [0.3, 0.4) is 0 Å². The number of rotatable bonds is 4. The van der Waals surface area contributed by atoms with Gasteiger partial charge in [-0.05, 0) is 60.9 Å². The molecule has 3 aromatic rings. The van der Waals surface area contributed by atoms with E-state index in [1.807, 2.05) is 24.3 Å². The van der Waals surface area contributed by atoms with Gasteiger partial charge >= 0.3 is 0 Å². The number of fused-ring (bicyclic) bond motifs is 1. The number of ether oxygens (including phenoxy) is 2. The molecule has 0 spiro atoms. The Morgan fingerprint density at radius 2 is 2.00 bits per heavy atom. The third-order valence-corrected chi connectivity index (χ3v) is 5.62. The molecule has 5 heteroatoms. The molecule has 2 heterocycles. The molecular weight excluding hydrogens is 364 g/mol. The SMILES string of the molecule is COc1ccc(CN2CCOc3c(O)cc(-c4ccccn4)cc3C2)c(C)c1C. The molecule has 2 aromatic carbocycles. The van der Waals surface area contributed by atoms with Crippen LogP contribution in [0.5, 0.6) is 17.2 Å². The van der Waals surface area contributed by atoms with E-state index in [0.717, 1.165) is 35.7 Å². The van der Waals surface area contributed by atoms with E-state index >= 15 is 0 Å². The number of hydrogen-bond donors (Lipinski definition) is 1. The van der Waals surface area contributed by atoms with Gasteiger partial charge in [0.15, 0.2) is 11.5 Å². The lowest BCUT2D eigenvalue weighted by Gasteiger charge is -2.22. The Hall–Kier alpha value is -3.05. The van der Waals surface area contributed by atoms with Crippen molar-refractivity contribution in [2.75, 3.05) is 20.3 Å². The van der Waals surface area contributed by atoms with Crippen LogP contribution in [0.4, 0.5) is 0 Å². The fourth-order valence-electron chi connectivity index (χ4n) is 3.85. The van der Waals surface area contributed by atoms with Crippen LogP contribution in [0.15, 0.2) is 48.7 Å². The summed E-state index contributed by atoms with van der Waals surface area (Å²) in [7, 11) is 1.70. The van der Waals surface area contributed by atoms with Gasteiger partial charge < -0.3 is 14.6 Å². The molecular formula is C24H26N2O3. The van der Waals surface area contributed by atoms with Crippen LogP contribution < -0.4 is 9.47 Å². The van der Waals surface area contributed by atoms with Gasteiger partial charge in [0.2, 0.25) is 0 Å². The monoisotopic (exact) mass is 390 g/mol. The number of hydrogen-bond acceptors (Lipinski definition) is 5. The largest absolute Gasteiger partial charge is 0.504 e. The summed E-state index contributed by atoms with van der Waals surface area (Å²) in [5.74, 6) is 1.66. The van der Waals surface area contributed by atoms with Crippen molar-refractivity contribution in [1.29, 1.82) is 0 Å². The zero-order valence-corrected chi connectivity index (χ0v) is 17.1. The number of aromatic nitrogens is 1. The molecule has 0 unspecified atom stereocenters. The highest BCUT2D eigenvalue weighted by atomic mass is 16.5. The van der Waals surface area contributed by atoms with E-state index in [0.29, 0.717) is 18.9 Å². The lowest BCUT2D eigenvalue weighted by molar-refractivity contribution is 0.217. The van der Waals surface area contributed by atoms with E-state index in [4.69, 9.17) is 9.47 Å². The minimum atomic E-state index is 0.168. The van der Waals surface area contributed by atoms with Gasteiger partial charge in [0.1, 0.15) is 12.4 Å². The lowest BCUT2D eigenvalue weighted by Crippen LogP contribution is -2.25. The number of nitrogens with zero attached hydrogens (tertiary/aromatic N) is 2. The summed E-state index contributed by atoms with van der Waals surface area (Å²) >= 11 is 0. The molecule has 5 nitrogen and oxygen atoms in total. The average molecular weight is 390 g/mol. The number of pyridine rings is 1. The molecule has 0 saturated carbocycles. The van der Waals surface area contributed by atoms with E-state index in [-0.39, 0.29) is 5.75 Å². The highest BCUT2D eigenvalue weighted by Gasteiger charge is 2.21. The first-order chi connectivity index (χ1) is 14.1. The molecule has 4 rings (SSSR count). The molecule has 1 N–H and O–H groups in total. The van der Waals surface area contributed by atoms with Gasteiger partial charge in [-0.15, -0.1) is 0 Å². The van der Waals surface area contributed by atoms with E-state index in [1.165, 1.54) is 16.7 Å². The minimum Gasteiger partial charge on any atom is -0.504 e. The van der Waals surface area contributed by atoms with Crippen molar-refractivity contribution in [2.24, 2.45) is 0 Å². The van der Waals surface area contributed by atoms with Gasteiger partial charge in [-0.1, -0.05) is 12.1 Å². The molecule has 0 radical (unpaired) electrons. The van der Waals surface area contributed by atoms with Gasteiger partial charge in [-0.3, -0.25) is 9.88 Å². The number of phenolic OH excluding ortho intramolecular Hbond substituents is 1. The Labute approximate surface area is 171 Å². The smallest absolute Gasteiger partial charge is 0.165 e. The molecule has 1 aliphatic rings. The summed E-state index contributed by atoms with van der Waals surface area (Å²) in [6.07, 6.45) is 1.76. The normalized spacial score (nSPS) is 14.0. The van der Waals surface area contributed by atoms with Crippen LogP contribution in [-0.4, -0.2) is 35.3 Å². The van der Waals surface area contributed by atoms with Crippen LogP contribution in [0.1, 0.15) is 22.3 Å². The number of aromatic hydroxyl groups is 1. The Kier molecular flexibility index (Phi) is 5.41. The maximum absolute atomic E-state index is 10.6. The van der Waals surface area contributed by atoms with Crippen molar-refractivity contribution in [3.05, 3.63) is 70.9 Å². The minimum absolute atomic E-state index is 0.168. The summed E-state index contributed by atoms with van der Waals surface area (Å²) < 4.78 is 11.3. The molecule has 0 fully saturated rings. The number of methoxy groups -OCH3 is 1. The van der Waals surface area contributed by atoms with Gasteiger partial charge in [-0.2, -0.15) is 0 Å². The second-order valence-electron chi connectivity index (χ2n) is 7.43. The van der Waals surface area contributed by atoms with Crippen molar-refractivity contribution >= 4 is 0 Å². The average Bonchev–Trinajstić information content (AvgIpc) is 2.94. The van der Waals surface area contributed by atoms with Gasteiger partial charge in [0, 0.05) is 37.0 Å². The zero-order chi connectivity index (χ0) is 20.4. The first-order valence-electron chi connectivity index (χ1n) is 9.82. The van der Waals surface area contributed by atoms with Gasteiger partial charge in [0.05, 0.1) is 12.8 Å². The summed E-state index contributed by atoms with van der Waals surface area (Å²) in [6, 6.07) is 13.7.